The Hall–Kier alpha value is -3.89. The first-order valence-electron chi connectivity index (χ1n) is 13.2. The van der Waals surface area contributed by atoms with Crippen molar-refractivity contribution < 1.29 is 38.9 Å². The molecule has 40 heavy (non-hydrogen) atoms. The number of benzene rings is 2. The molecule has 10 nitrogen and oxygen atoms in total. The van der Waals surface area contributed by atoms with Crippen molar-refractivity contribution in [1.82, 2.24) is 4.90 Å². The van der Waals surface area contributed by atoms with E-state index in [0.717, 1.165) is 16.9 Å². The number of phenols is 1. The summed E-state index contributed by atoms with van der Waals surface area (Å²) < 4.78 is 5.30. The summed E-state index contributed by atoms with van der Waals surface area (Å²) in [4.78, 5) is 67.8. The van der Waals surface area contributed by atoms with E-state index in [0.29, 0.717) is 18.4 Å². The summed E-state index contributed by atoms with van der Waals surface area (Å²) in [6, 6.07) is 9.68. The standard InChI is InChI=1S/C30H32N2O8/c1-32(2)24-19-13-16-12-18-15(8-7-14-5-4-6-17(11-14)40-3)9-10-20(33)22(18)25(34)21(16)27(36)30(19,39)28(37)23(26(24)35)29(31)38/h4-6,9-11,16,19,21,23-24,33,39H,7-8,12-13H2,1-3H3,(H2,31,38). The molecular formula is C30H32N2O8. The molecule has 6 atom stereocenters. The Labute approximate surface area is 231 Å². The van der Waals surface area contributed by atoms with Crippen LogP contribution in [0.3, 0.4) is 0 Å². The van der Waals surface area contributed by atoms with Crippen molar-refractivity contribution in [3.8, 4) is 11.5 Å². The van der Waals surface area contributed by atoms with Gasteiger partial charge in [-0.2, -0.15) is 0 Å². The molecule has 5 rings (SSSR count). The normalized spacial score (nSPS) is 29.6. The van der Waals surface area contributed by atoms with Crippen molar-refractivity contribution in [3.63, 3.8) is 0 Å². The van der Waals surface area contributed by atoms with Gasteiger partial charge in [-0.3, -0.25) is 28.9 Å². The number of nitrogens with zero attached hydrogens (tertiary/aromatic N) is 1. The minimum atomic E-state index is -2.73. The van der Waals surface area contributed by atoms with Crippen molar-refractivity contribution in [1.29, 1.82) is 0 Å². The van der Waals surface area contributed by atoms with Gasteiger partial charge in [0.05, 0.1) is 24.6 Å². The van der Waals surface area contributed by atoms with Crippen molar-refractivity contribution in [2.24, 2.45) is 29.4 Å². The number of aromatic hydroxyl groups is 1. The number of ether oxygens (including phenoxy) is 1. The molecule has 210 valence electrons. The number of primary amides is 1. The number of aryl methyl sites for hydroxylation is 2. The molecule has 6 unspecified atom stereocenters. The van der Waals surface area contributed by atoms with Gasteiger partial charge in [0.2, 0.25) is 5.91 Å². The van der Waals surface area contributed by atoms with E-state index in [1.165, 1.54) is 11.0 Å². The van der Waals surface area contributed by atoms with Gasteiger partial charge in [-0.05, 0) is 80.6 Å². The van der Waals surface area contributed by atoms with Gasteiger partial charge in [-0.25, -0.2) is 0 Å². The molecule has 0 aliphatic heterocycles. The largest absolute Gasteiger partial charge is 0.507 e. The number of methoxy groups -OCH3 is 1. The van der Waals surface area contributed by atoms with E-state index in [4.69, 9.17) is 10.5 Å². The zero-order chi connectivity index (χ0) is 29.1. The number of hydrogen-bond acceptors (Lipinski definition) is 9. The first-order chi connectivity index (χ1) is 18.9. The molecule has 0 radical (unpaired) electrons. The fourth-order valence-corrected chi connectivity index (χ4v) is 7.01. The van der Waals surface area contributed by atoms with Crippen LogP contribution < -0.4 is 10.5 Å². The van der Waals surface area contributed by atoms with E-state index >= 15 is 0 Å². The zero-order valence-electron chi connectivity index (χ0n) is 22.5. The van der Waals surface area contributed by atoms with E-state index in [1.54, 1.807) is 27.3 Å². The maximum Gasteiger partial charge on any atom is 0.235 e. The van der Waals surface area contributed by atoms with Crippen molar-refractivity contribution in [2.45, 2.75) is 37.3 Å². The van der Waals surface area contributed by atoms with Crippen LogP contribution in [0.15, 0.2) is 36.4 Å². The average Bonchev–Trinajstić information content (AvgIpc) is 2.90. The lowest BCUT2D eigenvalue weighted by Gasteiger charge is -2.52. The van der Waals surface area contributed by atoms with Gasteiger partial charge in [0.15, 0.2) is 34.7 Å². The minimum Gasteiger partial charge on any atom is -0.507 e. The number of ketones is 4. The highest BCUT2D eigenvalue weighted by Gasteiger charge is 2.69. The van der Waals surface area contributed by atoms with Crippen LogP contribution >= 0.6 is 0 Å². The minimum absolute atomic E-state index is 0.00902. The van der Waals surface area contributed by atoms with E-state index < -0.39 is 64.4 Å². The summed E-state index contributed by atoms with van der Waals surface area (Å²) >= 11 is 0. The topological polar surface area (TPSA) is 164 Å². The van der Waals surface area contributed by atoms with Crippen molar-refractivity contribution in [3.05, 3.63) is 58.7 Å². The van der Waals surface area contributed by atoms with Crippen LogP contribution in [0.1, 0.15) is 33.5 Å². The summed E-state index contributed by atoms with van der Waals surface area (Å²) in [5, 5.41) is 22.4. The molecule has 10 heteroatoms. The number of nitrogens with two attached hydrogens (primary N) is 1. The number of carbonyl (C=O) groups excluding carboxylic acids is 5. The number of fused-ring (bicyclic) bond motifs is 3. The smallest absolute Gasteiger partial charge is 0.235 e. The van der Waals surface area contributed by atoms with Gasteiger partial charge in [0.25, 0.3) is 0 Å². The molecule has 2 saturated carbocycles. The Bertz CT molecular complexity index is 1450. The van der Waals surface area contributed by atoms with Crippen LogP contribution in [0.4, 0.5) is 0 Å². The number of carbonyl (C=O) groups is 5. The fraction of sp³-hybridized carbons (Fsp3) is 0.433. The van der Waals surface area contributed by atoms with Gasteiger partial charge in [0.1, 0.15) is 11.5 Å². The lowest BCUT2D eigenvalue weighted by atomic mass is 9.52. The second-order valence-electron chi connectivity index (χ2n) is 11.2. The number of likely N-dealkylation sites (N-methyl/N-ethyl adjacent to an activating group) is 1. The predicted octanol–water partition coefficient (Wildman–Crippen LogP) is 0.661. The first kappa shape index (κ1) is 27.7. The molecule has 0 heterocycles. The number of hydrogen-bond donors (Lipinski definition) is 3. The summed E-state index contributed by atoms with van der Waals surface area (Å²) in [6.07, 6.45) is 1.46. The first-order valence-corrected chi connectivity index (χ1v) is 13.2. The average molecular weight is 549 g/mol. The Morgan fingerprint density at radius 3 is 2.48 bits per heavy atom. The Kier molecular flexibility index (Phi) is 6.87. The van der Waals surface area contributed by atoms with Crippen LogP contribution in [0.2, 0.25) is 0 Å². The van der Waals surface area contributed by atoms with Crippen LogP contribution in [0.5, 0.6) is 11.5 Å². The third-order valence-electron chi connectivity index (χ3n) is 8.86. The predicted molar refractivity (Wildman–Crippen MR) is 142 cm³/mol. The van der Waals surface area contributed by atoms with Crippen LogP contribution in [0, 0.1) is 23.7 Å². The highest BCUT2D eigenvalue weighted by molar-refractivity contribution is 6.32. The maximum absolute atomic E-state index is 13.9. The van der Waals surface area contributed by atoms with Crippen LogP contribution in [-0.4, -0.2) is 77.0 Å². The van der Waals surface area contributed by atoms with Crippen LogP contribution in [-0.2, 0) is 38.4 Å². The zero-order valence-corrected chi connectivity index (χ0v) is 22.5. The van der Waals surface area contributed by atoms with E-state index in [2.05, 4.69) is 0 Å². The molecule has 0 bridgehead atoms. The molecule has 3 aliphatic carbocycles. The number of rotatable bonds is 6. The summed E-state index contributed by atoms with van der Waals surface area (Å²) in [5.41, 5.74) is 5.12. The third kappa shape index (κ3) is 4.05. The number of amides is 1. The highest BCUT2D eigenvalue weighted by atomic mass is 16.5. The molecule has 2 aromatic rings. The second kappa shape index (κ2) is 9.94. The Balaban J connectivity index is 1.54. The number of aliphatic hydroxyl groups is 1. The fourth-order valence-electron chi connectivity index (χ4n) is 7.01. The van der Waals surface area contributed by atoms with E-state index in [9.17, 15) is 34.2 Å². The lowest BCUT2D eigenvalue weighted by molar-refractivity contribution is -0.181. The summed E-state index contributed by atoms with van der Waals surface area (Å²) in [5.74, 6) is -9.71. The van der Waals surface area contributed by atoms with Gasteiger partial charge in [-0.15, -0.1) is 0 Å². The van der Waals surface area contributed by atoms with E-state index in [1.807, 2.05) is 24.3 Å². The Morgan fingerprint density at radius 1 is 1.10 bits per heavy atom. The second-order valence-corrected chi connectivity index (χ2v) is 11.2. The summed E-state index contributed by atoms with van der Waals surface area (Å²) in [7, 11) is 4.71. The third-order valence-corrected chi connectivity index (χ3v) is 8.86. The molecule has 2 aromatic carbocycles. The quantitative estimate of drug-likeness (QED) is 0.440. The molecule has 3 aliphatic rings. The molecule has 0 spiro atoms. The number of phenolic OH excluding ortho intramolecular Hbond substituents is 1. The molecule has 1 amide bonds. The molecule has 2 fully saturated rings. The van der Waals surface area contributed by atoms with Crippen molar-refractivity contribution >= 4 is 29.0 Å². The molecule has 4 N–H and O–H groups in total. The van der Waals surface area contributed by atoms with E-state index in [-0.39, 0.29) is 24.2 Å². The molecule has 0 saturated heterocycles. The molecular weight excluding hydrogens is 516 g/mol. The van der Waals surface area contributed by atoms with Gasteiger partial charge >= 0.3 is 0 Å². The number of Topliss-reactive ketones (excluding diaryl/α,β-unsaturated/α-hetero) is 4. The maximum atomic E-state index is 13.9. The van der Waals surface area contributed by atoms with Gasteiger partial charge in [0, 0.05) is 5.92 Å². The van der Waals surface area contributed by atoms with Gasteiger partial charge < -0.3 is 20.7 Å². The SMILES string of the molecule is COc1cccc(CCc2ccc(O)c3c2CC2CC4C(N(C)C)C(=O)C(C(N)=O)C(=O)C4(O)C(=O)C2C3=O)c1. The lowest BCUT2D eigenvalue weighted by Crippen LogP contribution is -2.74. The molecule has 0 aromatic heterocycles. The highest BCUT2D eigenvalue weighted by Crippen LogP contribution is 2.51. The van der Waals surface area contributed by atoms with Gasteiger partial charge in [-0.1, -0.05) is 18.2 Å². The summed E-state index contributed by atoms with van der Waals surface area (Å²) in [6.45, 7) is 0. The van der Waals surface area contributed by atoms with Crippen molar-refractivity contribution in [2.75, 3.05) is 21.2 Å². The Morgan fingerprint density at radius 2 is 1.82 bits per heavy atom. The van der Waals surface area contributed by atoms with Crippen LogP contribution in [0.25, 0.3) is 0 Å². The monoisotopic (exact) mass is 548 g/mol.